The van der Waals surface area contributed by atoms with Crippen molar-refractivity contribution in [2.45, 2.75) is 19.4 Å². The number of nitrogens with one attached hydrogen (secondary N) is 3. The molecule has 5 heterocycles. The summed E-state index contributed by atoms with van der Waals surface area (Å²) in [6, 6.07) is 7.20. The van der Waals surface area contributed by atoms with Gasteiger partial charge in [-0.1, -0.05) is 11.6 Å². The average molecular weight is 494 g/mol. The van der Waals surface area contributed by atoms with Gasteiger partial charge in [0.25, 0.3) is 5.91 Å². The van der Waals surface area contributed by atoms with Crippen molar-refractivity contribution in [1.29, 1.82) is 0 Å². The van der Waals surface area contributed by atoms with Crippen molar-refractivity contribution in [3.05, 3.63) is 59.3 Å². The average Bonchev–Trinajstić information content (AvgIpc) is 3.57. The molecule has 10 nitrogen and oxygen atoms in total. The van der Waals surface area contributed by atoms with Crippen LogP contribution in [0.15, 0.2) is 42.9 Å². The zero-order valence-corrected chi connectivity index (χ0v) is 19.8. The number of H-pyrrole nitrogens is 2. The summed E-state index contributed by atoms with van der Waals surface area (Å²) in [5.41, 5.74) is 3.35. The molecule has 0 radical (unpaired) electrons. The molecule has 4 aromatic heterocycles. The van der Waals surface area contributed by atoms with Gasteiger partial charge in [0.15, 0.2) is 5.69 Å². The second-order valence-electron chi connectivity index (χ2n) is 8.35. The Balaban J connectivity index is 1.17. The molecule has 1 aliphatic rings. The van der Waals surface area contributed by atoms with E-state index >= 15 is 0 Å². The van der Waals surface area contributed by atoms with Crippen molar-refractivity contribution in [2.75, 3.05) is 20.2 Å². The summed E-state index contributed by atoms with van der Waals surface area (Å²) in [6.07, 6.45) is 6.25. The predicted molar refractivity (Wildman–Crippen MR) is 130 cm³/mol. The topological polar surface area (TPSA) is 129 Å². The van der Waals surface area contributed by atoms with E-state index in [-0.39, 0.29) is 17.7 Å². The molecule has 3 N–H and O–H groups in total. The van der Waals surface area contributed by atoms with Gasteiger partial charge in [0, 0.05) is 53.9 Å². The largest absolute Gasteiger partial charge is 0.481 e. The van der Waals surface area contributed by atoms with Gasteiger partial charge in [0.05, 0.1) is 36.3 Å². The summed E-state index contributed by atoms with van der Waals surface area (Å²) in [7, 11) is 1.52. The molecule has 0 aromatic carbocycles. The lowest BCUT2D eigenvalue weighted by atomic mass is 9.95. The van der Waals surface area contributed by atoms with Crippen molar-refractivity contribution < 1.29 is 14.3 Å². The van der Waals surface area contributed by atoms with Crippen molar-refractivity contribution >= 4 is 34.3 Å². The number of fused-ring (bicyclic) bond motifs is 1. The molecule has 5 rings (SSSR count). The molecule has 0 aliphatic carbocycles. The number of nitrogens with zero attached hydrogens (tertiary/aromatic N) is 4. The zero-order valence-electron chi connectivity index (χ0n) is 19.0. The van der Waals surface area contributed by atoms with Crippen LogP contribution in [0.25, 0.3) is 22.2 Å². The van der Waals surface area contributed by atoms with Crippen molar-refractivity contribution in [1.82, 2.24) is 35.4 Å². The Morgan fingerprint density at radius 2 is 2.06 bits per heavy atom. The SMILES string of the molecule is COc1cc(-c2cc(C(=O)N3CCC(C(=O)NCc4nccc5[nH]ccc45)CC3)n[nH]2)c(Cl)cn1. The van der Waals surface area contributed by atoms with Crippen LogP contribution in [-0.2, 0) is 11.3 Å². The maximum Gasteiger partial charge on any atom is 0.274 e. The van der Waals surface area contributed by atoms with Crippen LogP contribution < -0.4 is 10.1 Å². The number of hydrogen-bond acceptors (Lipinski definition) is 6. The van der Waals surface area contributed by atoms with Crippen LogP contribution in [-0.4, -0.2) is 62.1 Å². The van der Waals surface area contributed by atoms with Crippen LogP contribution in [0.4, 0.5) is 0 Å². The number of amides is 2. The van der Waals surface area contributed by atoms with Gasteiger partial charge in [-0.2, -0.15) is 5.10 Å². The third-order valence-electron chi connectivity index (χ3n) is 6.27. The van der Waals surface area contributed by atoms with Gasteiger partial charge in [-0.15, -0.1) is 0 Å². The summed E-state index contributed by atoms with van der Waals surface area (Å²) in [6.45, 7) is 1.33. The Hall–Kier alpha value is -3.92. The number of rotatable bonds is 6. The first-order valence-electron chi connectivity index (χ1n) is 11.3. The van der Waals surface area contributed by atoms with Crippen molar-refractivity contribution in [3.8, 4) is 17.1 Å². The van der Waals surface area contributed by atoms with E-state index in [0.29, 0.717) is 60.3 Å². The van der Waals surface area contributed by atoms with Crippen LogP contribution in [0.3, 0.4) is 0 Å². The molecule has 0 unspecified atom stereocenters. The zero-order chi connectivity index (χ0) is 24.4. The molecular weight excluding hydrogens is 470 g/mol. The van der Waals surface area contributed by atoms with E-state index in [2.05, 4.69) is 30.5 Å². The minimum Gasteiger partial charge on any atom is -0.481 e. The molecule has 1 fully saturated rings. The van der Waals surface area contributed by atoms with Crippen LogP contribution >= 0.6 is 11.6 Å². The third-order valence-corrected chi connectivity index (χ3v) is 6.57. The number of likely N-dealkylation sites (tertiary alicyclic amines) is 1. The first-order chi connectivity index (χ1) is 17.0. The highest BCUT2D eigenvalue weighted by Crippen LogP contribution is 2.29. The van der Waals surface area contributed by atoms with Crippen molar-refractivity contribution in [2.24, 2.45) is 5.92 Å². The highest BCUT2D eigenvalue weighted by molar-refractivity contribution is 6.33. The normalized spacial score (nSPS) is 14.3. The number of halogens is 1. The minimum absolute atomic E-state index is 0.0187. The highest BCUT2D eigenvalue weighted by Gasteiger charge is 2.29. The number of hydrogen-bond donors (Lipinski definition) is 3. The summed E-state index contributed by atoms with van der Waals surface area (Å²) >= 11 is 6.25. The van der Waals surface area contributed by atoms with Gasteiger partial charge in [-0.3, -0.25) is 19.7 Å². The number of carbonyl (C=O) groups is 2. The number of piperidine rings is 1. The van der Waals surface area contributed by atoms with Crippen LogP contribution in [0.5, 0.6) is 5.88 Å². The van der Waals surface area contributed by atoms with Gasteiger partial charge in [0.1, 0.15) is 0 Å². The number of pyridine rings is 2. The van der Waals surface area contributed by atoms with E-state index < -0.39 is 0 Å². The molecule has 1 aliphatic heterocycles. The van der Waals surface area contributed by atoms with Crippen LogP contribution in [0.1, 0.15) is 29.0 Å². The Morgan fingerprint density at radius 1 is 1.23 bits per heavy atom. The molecule has 0 bridgehead atoms. The Morgan fingerprint density at radius 3 is 2.86 bits per heavy atom. The standard InChI is InChI=1S/C24H24ClN7O3/c1-35-22-10-16(17(25)12-28-22)19-11-20(31-30-19)24(34)32-8-4-14(5-9-32)23(33)29-13-21-15-2-6-26-18(15)3-7-27-21/h2-3,6-7,10-12,14,26H,4-5,8-9,13H2,1H3,(H,29,33)(H,30,31). The fourth-order valence-corrected chi connectivity index (χ4v) is 4.52. The van der Waals surface area contributed by atoms with Gasteiger partial charge in [0.2, 0.25) is 11.8 Å². The second-order valence-corrected chi connectivity index (χ2v) is 8.76. The first kappa shape index (κ1) is 22.9. The summed E-state index contributed by atoms with van der Waals surface area (Å²) in [4.78, 5) is 39.1. The lowest BCUT2D eigenvalue weighted by molar-refractivity contribution is -0.126. The monoisotopic (exact) mass is 493 g/mol. The van der Waals surface area contributed by atoms with Gasteiger partial charge >= 0.3 is 0 Å². The van der Waals surface area contributed by atoms with Crippen LogP contribution in [0.2, 0.25) is 5.02 Å². The molecule has 180 valence electrons. The van der Waals surface area contributed by atoms with E-state index in [1.54, 1.807) is 23.2 Å². The molecular formula is C24H24ClN7O3. The lowest BCUT2D eigenvalue weighted by Gasteiger charge is -2.30. The van der Waals surface area contributed by atoms with E-state index in [9.17, 15) is 9.59 Å². The third kappa shape index (κ3) is 4.69. The molecule has 35 heavy (non-hydrogen) atoms. The minimum atomic E-state index is -0.188. The predicted octanol–water partition coefficient (Wildman–Crippen LogP) is 3.18. The van der Waals surface area contributed by atoms with Crippen molar-refractivity contribution in [3.63, 3.8) is 0 Å². The molecule has 1 saturated heterocycles. The number of aromatic nitrogens is 5. The van der Waals surface area contributed by atoms with Gasteiger partial charge in [-0.25, -0.2) is 4.98 Å². The summed E-state index contributed by atoms with van der Waals surface area (Å²) < 4.78 is 5.15. The van der Waals surface area contributed by atoms with Crippen LogP contribution in [0, 0.1) is 5.92 Å². The van der Waals surface area contributed by atoms with E-state index in [0.717, 1.165) is 16.6 Å². The summed E-state index contributed by atoms with van der Waals surface area (Å²) in [5, 5.41) is 11.5. The molecule has 2 amide bonds. The molecule has 0 saturated carbocycles. The molecule has 11 heteroatoms. The number of carbonyl (C=O) groups excluding carboxylic acids is 2. The lowest BCUT2D eigenvalue weighted by Crippen LogP contribution is -2.43. The number of aromatic amines is 2. The first-order valence-corrected chi connectivity index (χ1v) is 11.6. The summed E-state index contributed by atoms with van der Waals surface area (Å²) in [5.74, 6) is 0.0525. The number of methoxy groups -OCH3 is 1. The Bertz CT molecular complexity index is 1370. The highest BCUT2D eigenvalue weighted by atomic mass is 35.5. The smallest absolute Gasteiger partial charge is 0.274 e. The second kappa shape index (κ2) is 9.75. The van der Waals surface area contributed by atoms with E-state index in [1.807, 2.05) is 18.3 Å². The fourth-order valence-electron chi connectivity index (χ4n) is 4.31. The molecule has 4 aromatic rings. The maximum atomic E-state index is 13.0. The Labute approximate surface area is 206 Å². The van der Waals surface area contributed by atoms with Gasteiger partial charge in [-0.05, 0) is 31.0 Å². The van der Waals surface area contributed by atoms with E-state index in [1.165, 1.54) is 13.3 Å². The van der Waals surface area contributed by atoms with Gasteiger partial charge < -0.3 is 19.9 Å². The number of ether oxygens (including phenoxy) is 1. The Kier molecular flexibility index (Phi) is 6.37. The fraction of sp³-hybridized carbons (Fsp3) is 0.292. The molecule has 0 spiro atoms. The maximum absolute atomic E-state index is 13.0. The van der Waals surface area contributed by atoms with E-state index in [4.69, 9.17) is 16.3 Å². The molecule has 0 atom stereocenters. The quantitative estimate of drug-likeness (QED) is 0.378.